The van der Waals surface area contributed by atoms with Gasteiger partial charge in [-0.3, -0.25) is 9.59 Å². The Morgan fingerprint density at radius 3 is 2.71 bits per heavy atom. The van der Waals surface area contributed by atoms with E-state index in [1.807, 2.05) is 6.92 Å². The fourth-order valence-corrected chi connectivity index (χ4v) is 1.43. The predicted molar refractivity (Wildman–Crippen MR) is 61.4 cm³/mol. The molecule has 1 rings (SSSR count). The van der Waals surface area contributed by atoms with Gasteiger partial charge in [0.25, 0.3) is 5.91 Å². The molecule has 0 saturated carbocycles. The highest BCUT2D eigenvalue weighted by Gasteiger charge is 2.20. The second-order valence-corrected chi connectivity index (χ2v) is 3.73. The summed E-state index contributed by atoms with van der Waals surface area (Å²) >= 11 is 0. The summed E-state index contributed by atoms with van der Waals surface area (Å²) in [4.78, 5) is 28.6. The normalized spacial score (nSPS) is 10.1. The highest BCUT2D eigenvalue weighted by Crippen LogP contribution is 2.03. The SMILES string of the molecule is CCCN(CC(=O)OC)C(=O)c1cn(C)cn1. The second-order valence-electron chi connectivity index (χ2n) is 3.73. The van der Waals surface area contributed by atoms with Crippen molar-refractivity contribution < 1.29 is 14.3 Å². The zero-order valence-corrected chi connectivity index (χ0v) is 10.3. The minimum absolute atomic E-state index is 0.0419. The van der Waals surface area contributed by atoms with Crippen molar-refractivity contribution in [2.75, 3.05) is 20.2 Å². The van der Waals surface area contributed by atoms with Crippen LogP contribution in [-0.4, -0.2) is 46.5 Å². The number of amides is 1. The standard InChI is InChI=1S/C11H17N3O3/c1-4-5-14(7-10(15)17-3)11(16)9-6-13(2)8-12-9/h6,8H,4-5,7H2,1-3H3. The third-order valence-corrected chi connectivity index (χ3v) is 2.25. The van der Waals surface area contributed by atoms with Gasteiger partial charge in [0.1, 0.15) is 12.2 Å². The zero-order chi connectivity index (χ0) is 12.8. The summed E-state index contributed by atoms with van der Waals surface area (Å²) < 4.78 is 6.25. The quantitative estimate of drug-likeness (QED) is 0.700. The third-order valence-electron chi connectivity index (χ3n) is 2.25. The Kier molecular flexibility index (Phi) is 4.68. The van der Waals surface area contributed by atoms with Crippen molar-refractivity contribution in [3.05, 3.63) is 18.2 Å². The maximum absolute atomic E-state index is 12.0. The first-order chi connectivity index (χ1) is 8.08. The van der Waals surface area contributed by atoms with E-state index in [-0.39, 0.29) is 12.5 Å². The summed E-state index contributed by atoms with van der Waals surface area (Å²) in [6.45, 7) is 2.40. The molecule has 0 fully saturated rings. The van der Waals surface area contributed by atoms with E-state index in [0.29, 0.717) is 12.2 Å². The van der Waals surface area contributed by atoms with Crippen molar-refractivity contribution in [2.24, 2.45) is 7.05 Å². The lowest BCUT2D eigenvalue weighted by Gasteiger charge is -2.19. The summed E-state index contributed by atoms with van der Waals surface area (Å²) in [6, 6.07) is 0. The van der Waals surface area contributed by atoms with Crippen LogP contribution in [0.4, 0.5) is 0 Å². The molecular formula is C11H17N3O3. The van der Waals surface area contributed by atoms with Gasteiger partial charge in [-0.25, -0.2) is 4.98 Å². The van der Waals surface area contributed by atoms with E-state index >= 15 is 0 Å². The van der Waals surface area contributed by atoms with Gasteiger partial charge in [0, 0.05) is 19.8 Å². The monoisotopic (exact) mass is 239 g/mol. The maximum Gasteiger partial charge on any atom is 0.325 e. The van der Waals surface area contributed by atoms with Crippen LogP contribution in [0, 0.1) is 0 Å². The lowest BCUT2D eigenvalue weighted by molar-refractivity contribution is -0.141. The largest absolute Gasteiger partial charge is 0.468 e. The van der Waals surface area contributed by atoms with Crippen LogP contribution in [0.3, 0.4) is 0 Å². The summed E-state index contributed by atoms with van der Waals surface area (Å²) in [5.74, 6) is -0.680. The molecule has 94 valence electrons. The van der Waals surface area contributed by atoms with Crippen molar-refractivity contribution in [3.63, 3.8) is 0 Å². The first-order valence-electron chi connectivity index (χ1n) is 5.42. The van der Waals surface area contributed by atoms with Crippen molar-refractivity contribution in [1.29, 1.82) is 0 Å². The number of ether oxygens (including phenoxy) is 1. The Labute approximate surface area is 100 Å². The van der Waals surface area contributed by atoms with E-state index in [1.54, 1.807) is 24.1 Å². The minimum atomic E-state index is -0.428. The summed E-state index contributed by atoms with van der Waals surface area (Å²) in [7, 11) is 3.09. The molecule has 0 unspecified atom stereocenters. The maximum atomic E-state index is 12.0. The first-order valence-corrected chi connectivity index (χ1v) is 5.42. The molecule has 0 saturated heterocycles. The molecule has 1 aromatic rings. The van der Waals surface area contributed by atoms with Crippen molar-refractivity contribution >= 4 is 11.9 Å². The number of aromatic nitrogens is 2. The molecule has 6 nitrogen and oxygen atoms in total. The topological polar surface area (TPSA) is 64.4 Å². The number of carbonyl (C=O) groups excluding carboxylic acids is 2. The van der Waals surface area contributed by atoms with E-state index in [9.17, 15) is 9.59 Å². The number of aryl methyl sites for hydroxylation is 1. The summed E-state index contributed by atoms with van der Waals surface area (Å²) in [5, 5.41) is 0. The van der Waals surface area contributed by atoms with E-state index in [2.05, 4.69) is 9.72 Å². The molecule has 0 aliphatic heterocycles. The Balaban J connectivity index is 2.76. The molecule has 0 radical (unpaired) electrons. The van der Waals surface area contributed by atoms with Crippen LogP contribution < -0.4 is 0 Å². The van der Waals surface area contributed by atoms with Crippen LogP contribution in [0.2, 0.25) is 0 Å². The van der Waals surface area contributed by atoms with E-state index < -0.39 is 5.97 Å². The highest BCUT2D eigenvalue weighted by molar-refractivity contribution is 5.94. The fourth-order valence-electron chi connectivity index (χ4n) is 1.43. The molecule has 1 heterocycles. The van der Waals surface area contributed by atoms with Gasteiger partial charge < -0.3 is 14.2 Å². The molecule has 6 heteroatoms. The summed E-state index contributed by atoms with van der Waals surface area (Å²) in [6.07, 6.45) is 3.95. The Bertz CT molecular complexity index is 400. The smallest absolute Gasteiger partial charge is 0.325 e. The third kappa shape index (κ3) is 3.58. The van der Waals surface area contributed by atoms with Gasteiger partial charge in [-0.05, 0) is 6.42 Å². The molecule has 0 spiro atoms. The van der Waals surface area contributed by atoms with Gasteiger partial charge in [-0.2, -0.15) is 0 Å². The number of nitrogens with zero attached hydrogens (tertiary/aromatic N) is 3. The van der Waals surface area contributed by atoms with Crippen LogP contribution in [0.5, 0.6) is 0 Å². The molecule has 0 aliphatic rings. The molecule has 1 amide bonds. The predicted octanol–water partition coefficient (Wildman–Crippen LogP) is 0.445. The van der Waals surface area contributed by atoms with Crippen LogP contribution in [0.1, 0.15) is 23.8 Å². The Hall–Kier alpha value is -1.85. The van der Waals surface area contributed by atoms with Gasteiger partial charge >= 0.3 is 5.97 Å². The average molecular weight is 239 g/mol. The lowest BCUT2D eigenvalue weighted by Crippen LogP contribution is -2.37. The van der Waals surface area contributed by atoms with Crippen molar-refractivity contribution in [1.82, 2.24) is 14.5 Å². The van der Waals surface area contributed by atoms with Crippen molar-refractivity contribution in [3.8, 4) is 0 Å². The van der Waals surface area contributed by atoms with Crippen molar-refractivity contribution in [2.45, 2.75) is 13.3 Å². The second kappa shape index (κ2) is 6.03. The molecular weight excluding hydrogens is 222 g/mol. The van der Waals surface area contributed by atoms with Gasteiger partial charge in [0.2, 0.25) is 0 Å². The van der Waals surface area contributed by atoms with Crippen LogP contribution >= 0.6 is 0 Å². The summed E-state index contributed by atoms with van der Waals surface area (Å²) in [5.41, 5.74) is 0.338. The lowest BCUT2D eigenvalue weighted by atomic mass is 10.3. The highest BCUT2D eigenvalue weighted by atomic mass is 16.5. The van der Waals surface area contributed by atoms with Gasteiger partial charge in [-0.1, -0.05) is 6.92 Å². The fraction of sp³-hybridized carbons (Fsp3) is 0.545. The van der Waals surface area contributed by atoms with Crippen LogP contribution in [-0.2, 0) is 16.6 Å². The average Bonchev–Trinajstić information content (AvgIpc) is 2.74. The Morgan fingerprint density at radius 1 is 1.53 bits per heavy atom. The Morgan fingerprint density at radius 2 is 2.24 bits per heavy atom. The molecule has 1 aromatic heterocycles. The number of esters is 1. The van der Waals surface area contributed by atoms with E-state index in [1.165, 1.54) is 12.0 Å². The van der Waals surface area contributed by atoms with Crippen LogP contribution in [0.25, 0.3) is 0 Å². The molecule has 0 atom stereocenters. The number of hydrogen-bond acceptors (Lipinski definition) is 4. The molecule has 0 N–H and O–H groups in total. The van der Waals surface area contributed by atoms with Gasteiger partial charge in [0.15, 0.2) is 0 Å². The van der Waals surface area contributed by atoms with E-state index in [0.717, 1.165) is 6.42 Å². The number of rotatable bonds is 5. The number of imidazole rings is 1. The first kappa shape index (κ1) is 13.2. The minimum Gasteiger partial charge on any atom is -0.468 e. The number of hydrogen-bond donors (Lipinski definition) is 0. The number of methoxy groups -OCH3 is 1. The molecule has 0 aliphatic carbocycles. The molecule has 0 aromatic carbocycles. The zero-order valence-electron chi connectivity index (χ0n) is 10.3. The molecule has 0 bridgehead atoms. The van der Waals surface area contributed by atoms with Crippen LogP contribution in [0.15, 0.2) is 12.5 Å². The molecule has 17 heavy (non-hydrogen) atoms. The van der Waals surface area contributed by atoms with Gasteiger partial charge in [0.05, 0.1) is 13.4 Å². The van der Waals surface area contributed by atoms with Gasteiger partial charge in [-0.15, -0.1) is 0 Å². The number of carbonyl (C=O) groups is 2. The van der Waals surface area contributed by atoms with E-state index in [4.69, 9.17) is 0 Å².